The molecule has 6 aliphatic rings. The van der Waals surface area contributed by atoms with Crippen LogP contribution >= 0.6 is 0 Å². The number of hydrogen-bond donors (Lipinski definition) is 2. The number of piperidine rings is 1. The van der Waals surface area contributed by atoms with Gasteiger partial charge in [0, 0.05) is 24.0 Å². The lowest BCUT2D eigenvalue weighted by atomic mass is 9.46. The molecule has 2 saturated heterocycles. The van der Waals surface area contributed by atoms with E-state index in [1.54, 1.807) is 0 Å². The van der Waals surface area contributed by atoms with Crippen molar-refractivity contribution in [2.45, 2.75) is 103 Å². The van der Waals surface area contributed by atoms with Crippen molar-refractivity contribution < 1.29 is 10.2 Å². The van der Waals surface area contributed by atoms with E-state index in [1.165, 1.54) is 37.8 Å². The molecule has 0 aromatic carbocycles. The van der Waals surface area contributed by atoms with Crippen molar-refractivity contribution in [2.24, 2.45) is 46.3 Å². The van der Waals surface area contributed by atoms with Crippen LogP contribution in [0.5, 0.6) is 0 Å². The van der Waals surface area contributed by atoms with Crippen molar-refractivity contribution in [1.82, 2.24) is 4.90 Å². The first-order valence-corrected chi connectivity index (χ1v) is 13.1. The molecule has 2 heterocycles. The van der Waals surface area contributed by atoms with E-state index >= 15 is 0 Å². The van der Waals surface area contributed by atoms with Crippen LogP contribution in [0.2, 0.25) is 0 Å². The Kier molecular flexibility index (Phi) is 4.44. The fourth-order valence-corrected chi connectivity index (χ4v) is 10.3. The van der Waals surface area contributed by atoms with Crippen molar-refractivity contribution >= 4 is 0 Å². The maximum atomic E-state index is 11.8. The Labute approximate surface area is 183 Å². The number of fused-ring (bicyclic) bond motifs is 9. The summed E-state index contributed by atoms with van der Waals surface area (Å²) >= 11 is 0. The van der Waals surface area contributed by atoms with Crippen LogP contribution in [0.15, 0.2) is 11.6 Å². The Balaban J connectivity index is 1.36. The molecule has 0 amide bonds. The van der Waals surface area contributed by atoms with Crippen LogP contribution in [0.1, 0.15) is 79.1 Å². The average molecular weight is 414 g/mol. The number of allylic oxidation sites excluding steroid dienone is 1. The van der Waals surface area contributed by atoms with Crippen molar-refractivity contribution in [3.8, 4) is 0 Å². The summed E-state index contributed by atoms with van der Waals surface area (Å²) in [7, 11) is 0. The third-order valence-corrected chi connectivity index (χ3v) is 11.8. The summed E-state index contributed by atoms with van der Waals surface area (Å²) in [6.07, 6.45) is 11.4. The highest BCUT2D eigenvalue weighted by atomic mass is 16.3. The van der Waals surface area contributed by atoms with Gasteiger partial charge in [0.15, 0.2) is 0 Å². The largest absolute Gasteiger partial charge is 0.393 e. The first-order valence-electron chi connectivity index (χ1n) is 13.1. The van der Waals surface area contributed by atoms with E-state index in [2.05, 4.69) is 38.7 Å². The predicted octanol–water partition coefficient (Wildman–Crippen LogP) is 4.63. The Hall–Kier alpha value is -0.380. The summed E-state index contributed by atoms with van der Waals surface area (Å²) in [4.78, 5) is 2.91. The second-order valence-corrected chi connectivity index (χ2v) is 12.9. The Morgan fingerprint density at radius 3 is 2.60 bits per heavy atom. The number of hydrogen-bond acceptors (Lipinski definition) is 3. The zero-order chi connectivity index (χ0) is 21.0. The molecule has 6 rings (SSSR count). The molecule has 0 aromatic rings. The summed E-state index contributed by atoms with van der Waals surface area (Å²) in [5, 5.41) is 22.1. The quantitative estimate of drug-likeness (QED) is 0.569. The Morgan fingerprint density at radius 1 is 1.00 bits per heavy atom. The van der Waals surface area contributed by atoms with Gasteiger partial charge in [0.05, 0.1) is 12.2 Å². The topological polar surface area (TPSA) is 43.7 Å². The lowest BCUT2D eigenvalue weighted by Gasteiger charge is -2.60. The first kappa shape index (κ1) is 20.2. The van der Waals surface area contributed by atoms with Crippen LogP contribution in [-0.2, 0) is 0 Å². The summed E-state index contributed by atoms with van der Waals surface area (Å²) in [5.74, 6) is 4.19. The lowest BCUT2D eigenvalue weighted by molar-refractivity contribution is -0.135. The fourth-order valence-electron chi connectivity index (χ4n) is 10.3. The molecule has 3 nitrogen and oxygen atoms in total. The van der Waals surface area contributed by atoms with E-state index in [0.29, 0.717) is 23.8 Å². The summed E-state index contributed by atoms with van der Waals surface area (Å²) < 4.78 is 0. The van der Waals surface area contributed by atoms with Gasteiger partial charge in [0.1, 0.15) is 0 Å². The molecule has 2 aliphatic heterocycles. The van der Waals surface area contributed by atoms with E-state index in [-0.39, 0.29) is 23.0 Å². The van der Waals surface area contributed by atoms with Gasteiger partial charge in [0.2, 0.25) is 0 Å². The minimum Gasteiger partial charge on any atom is -0.393 e. The van der Waals surface area contributed by atoms with Crippen LogP contribution in [0.25, 0.3) is 0 Å². The molecule has 5 fully saturated rings. The molecule has 30 heavy (non-hydrogen) atoms. The molecule has 1 unspecified atom stereocenters. The first-order chi connectivity index (χ1) is 14.2. The smallest absolute Gasteiger partial charge is 0.0603 e. The van der Waals surface area contributed by atoms with E-state index < -0.39 is 0 Å². The van der Waals surface area contributed by atoms with Gasteiger partial charge in [-0.15, -0.1) is 0 Å². The molecule has 0 radical (unpaired) electrons. The molecule has 3 heteroatoms. The molecule has 0 spiro atoms. The highest BCUT2D eigenvalue weighted by molar-refractivity contribution is 5.27. The van der Waals surface area contributed by atoms with Crippen LogP contribution < -0.4 is 0 Å². The van der Waals surface area contributed by atoms with Gasteiger partial charge in [-0.1, -0.05) is 39.3 Å². The van der Waals surface area contributed by atoms with E-state index in [0.717, 1.165) is 49.5 Å². The van der Waals surface area contributed by atoms with Gasteiger partial charge < -0.3 is 10.2 Å². The third kappa shape index (κ3) is 2.44. The summed E-state index contributed by atoms with van der Waals surface area (Å²) in [6.45, 7) is 11.2. The molecule has 168 valence electrons. The van der Waals surface area contributed by atoms with Gasteiger partial charge in [-0.2, -0.15) is 0 Å². The molecule has 3 saturated carbocycles. The zero-order valence-electron chi connectivity index (χ0n) is 19.6. The number of aliphatic hydroxyl groups is 2. The fraction of sp³-hybridized carbons (Fsp3) is 0.926. The van der Waals surface area contributed by atoms with Crippen LogP contribution in [-0.4, -0.2) is 45.9 Å². The molecule has 4 aliphatic carbocycles. The number of nitrogens with zero attached hydrogens (tertiary/aromatic N) is 1. The highest BCUT2D eigenvalue weighted by Crippen LogP contribution is 2.69. The average Bonchev–Trinajstić information content (AvgIpc) is 3.17. The highest BCUT2D eigenvalue weighted by Gasteiger charge is 2.69. The minimum absolute atomic E-state index is 0.0850. The second kappa shape index (κ2) is 6.58. The number of aliphatic hydroxyl groups excluding tert-OH is 2. The molecular weight excluding hydrogens is 370 g/mol. The van der Waals surface area contributed by atoms with Gasteiger partial charge in [-0.05, 0) is 92.3 Å². The van der Waals surface area contributed by atoms with E-state index in [4.69, 9.17) is 0 Å². The maximum Gasteiger partial charge on any atom is 0.0603 e. The van der Waals surface area contributed by atoms with E-state index in [9.17, 15) is 10.2 Å². The van der Waals surface area contributed by atoms with E-state index in [1.807, 2.05) is 0 Å². The van der Waals surface area contributed by atoms with Gasteiger partial charge in [-0.3, -0.25) is 4.90 Å². The van der Waals surface area contributed by atoms with Gasteiger partial charge in [-0.25, -0.2) is 0 Å². The van der Waals surface area contributed by atoms with Gasteiger partial charge >= 0.3 is 0 Å². The molecular formula is C27H43NO2. The molecule has 12 atom stereocenters. The Morgan fingerprint density at radius 2 is 1.80 bits per heavy atom. The molecule has 0 bridgehead atoms. The van der Waals surface area contributed by atoms with Crippen molar-refractivity contribution in [1.29, 1.82) is 0 Å². The second-order valence-electron chi connectivity index (χ2n) is 12.9. The maximum absolute atomic E-state index is 11.8. The van der Waals surface area contributed by atoms with Gasteiger partial charge in [0.25, 0.3) is 0 Å². The molecule has 2 N–H and O–H groups in total. The van der Waals surface area contributed by atoms with Crippen molar-refractivity contribution in [2.75, 3.05) is 6.54 Å². The lowest BCUT2D eigenvalue weighted by Crippen LogP contribution is -2.57. The summed E-state index contributed by atoms with van der Waals surface area (Å²) in [6, 6.07) is 1.46. The summed E-state index contributed by atoms with van der Waals surface area (Å²) in [5.41, 5.74) is 1.80. The Bertz CT molecular complexity index is 749. The monoisotopic (exact) mass is 413 g/mol. The SMILES string of the molecule is C[C@@H]1CC[C@H]2[C@H](C)[C@@H]3[C@@H](C[C@H]4[C@H]5CC=C6CC(O)CC[C@]6(C)[C@@H]5C[C@@H](O)[C@]34C)N2C1. The predicted molar refractivity (Wildman–Crippen MR) is 120 cm³/mol. The standard InChI is InChI=1S/C27H43NO2/c1-15-5-8-22-16(2)25-23(28(22)14-15)12-21-19-7-6-17-11-18(29)9-10-26(17,3)20(19)13-24(30)27(21,25)4/h6,15-16,18-25,29-30H,5,7-14H2,1-4H3/t15-,16+,18?,19+,20-,21+,22+,23-,24-,25-,26+,27-/m1/s1. The normalized spacial score (nSPS) is 60.1. The van der Waals surface area contributed by atoms with Crippen molar-refractivity contribution in [3.63, 3.8) is 0 Å². The third-order valence-electron chi connectivity index (χ3n) is 11.8. The van der Waals surface area contributed by atoms with Crippen molar-refractivity contribution in [3.05, 3.63) is 11.6 Å². The van der Waals surface area contributed by atoms with Crippen LogP contribution in [0, 0.1) is 46.3 Å². The van der Waals surface area contributed by atoms with Crippen LogP contribution in [0.4, 0.5) is 0 Å². The van der Waals surface area contributed by atoms with Crippen LogP contribution in [0.3, 0.4) is 0 Å². The molecule has 0 aromatic heterocycles. The minimum atomic E-state index is -0.164. The zero-order valence-corrected chi connectivity index (χ0v) is 19.6. The number of rotatable bonds is 0.